The molecule has 1 amide bonds. The maximum Gasteiger partial charge on any atom is 0.270 e. The first-order valence-corrected chi connectivity index (χ1v) is 10.3. The van der Waals surface area contributed by atoms with Crippen molar-refractivity contribution in [3.8, 4) is 5.88 Å². The number of non-ortho nitro benzene ring substituents is 1. The number of nitro groups is 1. The highest BCUT2D eigenvalue weighted by molar-refractivity contribution is 7.89. The van der Waals surface area contributed by atoms with Crippen LogP contribution in [0.3, 0.4) is 0 Å². The number of benzene rings is 1. The number of sulfonamides is 1. The minimum Gasteiger partial charge on any atom is -0.474 e. The fraction of sp³-hybridized carbons (Fsp3) is 0.294. The zero-order valence-electron chi connectivity index (χ0n) is 15.6. The Morgan fingerprint density at radius 3 is 2.66 bits per heavy atom. The summed E-state index contributed by atoms with van der Waals surface area (Å²) in [6.07, 6.45) is 1.17. The number of ether oxygens (including phenoxy) is 1. The molecule has 2 aromatic rings. The van der Waals surface area contributed by atoms with Crippen LogP contribution < -0.4 is 14.8 Å². The number of pyridine rings is 1. The summed E-state index contributed by atoms with van der Waals surface area (Å²) in [6, 6.07) is 6.06. The molecule has 12 heteroatoms. The summed E-state index contributed by atoms with van der Waals surface area (Å²) in [5.41, 5.74) is -0.150. The molecule has 0 aliphatic carbocycles. The number of carbonyl (C=O) groups is 1. The predicted octanol–water partition coefficient (Wildman–Crippen LogP) is 2.14. The first-order chi connectivity index (χ1) is 13.6. The van der Waals surface area contributed by atoms with Gasteiger partial charge in [0.05, 0.1) is 21.5 Å². The average molecular weight is 443 g/mol. The lowest BCUT2D eigenvalue weighted by molar-refractivity contribution is -0.385. The summed E-state index contributed by atoms with van der Waals surface area (Å²) < 4.78 is 32.1. The van der Waals surface area contributed by atoms with Gasteiger partial charge in [-0.3, -0.25) is 14.9 Å². The molecular weight excluding hydrogens is 424 g/mol. The Kier molecular flexibility index (Phi) is 7.48. The third-order valence-electron chi connectivity index (χ3n) is 3.46. The number of nitro benzene ring substituents is 1. The molecule has 156 valence electrons. The van der Waals surface area contributed by atoms with Gasteiger partial charge in [0, 0.05) is 31.4 Å². The van der Waals surface area contributed by atoms with Crippen molar-refractivity contribution in [1.82, 2.24) is 15.0 Å². The smallest absolute Gasteiger partial charge is 0.270 e. The van der Waals surface area contributed by atoms with Crippen LogP contribution >= 0.6 is 11.6 Å². The predicted molar refractivity (Wildman–Crippen MR) is 106 cm³/mol. The van der Waals surface area contributed by atoms with Crippen LogP contribution in [0.15, 0.2) is 41.4 Å². The third-order valence-corrected chi connectivity index (χ3v) is 5.19. The van der Waals surface area contributed by atoms with E-state index in [0.29, 0.717) is 0 Å². The maximum absolute atomic E-state index is 12.2. The zero-order valence-corrected chi connectivity index (χ0v) is 17.2. The highest BCUT2D eigenvalue weighted by atomic mass is 35.5. The molecule has 0 unspecified atom stereocenters. The number of nitrogens with zero attached hydrogens (tertiary/aromatic N) is 2. The highest BCUT2D eigenvalue weighted by Crippen LogP contribution is 2.23. The average Bonchev–Trinajstić information content (AvgIpc) is 2.66. The van der Waals surface area contributed by atoms with Crippen LogP contribution in [-0.4, -0.2) is 43.4 Å². The molecule has 0 saturated heterocycles. The van der Waals surface area contributed by atoms with E-state index in [1.165, 1.54) is 30.5 Å². The molecule has 0 aliphatic heterocycles. The second-order valence-electron chi connectivity index (χ2n) is 6.09. The summed E-state index contributed by atoms with van der Waals surface area (Å²) in [6.45, 7) is 3.49. The molecule has 0 aliphatic rings. The fourth-order valence-electron chi connectivity index (χ4n) is 2.17. The van der Waals surface area contributed by atoms with Crippen molar-refractivity contribution in [3.05, 3.63) is 57.2 Å². The number of aromatic nitrogens is 1. The Morgan fingerprint density at radius 1 is 1.31 bits per heavy atom. The van der Waals surface area contributed by atoms with Gasteiger partial charge in [-0.05, 0) is 26.0 Å². The Balaban J connectivity index is 1.91. The van der Waals surface area contributed by atoms with Crippen molar-refractivity contribution < 1.29 is 22.9 Å². The standard InChI is InChI=1S/C17H19ClN4O6S/c1-11(2)28-17-15(18)8-12(10-20-17)16(23)19-6-7-21-29(26,27)14-5-3-4-13(9-14)22(24)25/h3-5,8-11,21H,6-7H2,1-2H3,(H,19,23). The van der Waals surface area contributed by atoms with Crippen LogP contribution in [0.2, 0.25) is 5.02 Å². The maximum atomic E-state index is 12.2. The largest absolute Gasteiger partial charge is 0.474 e. The van der Waals surface area contributed by atoms with Gasteiger partial charge in [0.25, 0.3) is 11.6 Å². The third kappa shape index (κ3) is 6.38. The van der Waals surface area contributed by atoms with E-state index in [2.05, 4.69) is 15.0 Å². The van der Waals surface area contributed by atoms with Gasteiger partial charge in [0.15, 0.2) is 0 Å². The van der Waals surface area contributed by atoms with Gasteiger partial charge in [-0.1, -0.05) is 17.7 Å². The molecule has 0 spiro atoms. The fourth-order valence-corrected chi connectivity index (χ4v) is 3.45. The van der Waals surface area contributed by atoms with Gasteiger partial charge >= 0.3 is 0 Å². The van der Waals surface area contributed by atoms with E-state index >= 15 is 0 Å². The summed E-state index contributed by atoms with van der Waals surface area (Å²) in [4.78, 5) is 26.0. The van der Waals surface area contributed by atoms with Crippen LogP contribution in [0.25, 0.3) is 0 Å². The molecule has 2 rings (SSSR count). The lowest BCUT2D eigenvalue weighted by atomic mass is 10.2. The topological polar surface area (TPSA) is 141 Å². The molecule has 0 atom stereocenters. The number of nitrogens with one attached hydrogen (secondary N) is 2. The lowest BCUT2D eigenvalue weighted by Crippen LogP contribution is -2.34. The number of hydrogen-bond donors (Lipinski definition) is 2. The van der Waals surface area contributed by atoms with Crippen molar-refractivity contribution >= 4 is 33.2 Å². The molecule has 0 saturated carbocycles. The summed E-state index contributed by atoms with van der Waals surface area (Å²) in [5.74, 6) is -0.284. The van der Waals surface area contributed by atoms with E-state index in [9.17, 15) is 23.3 Å². The number of amides is 1. The van der Waals surface area contributed by atoms with Crippen molar-refractivity contribution in [2.24, 2.45) is 0 Å². The SMILES string of the molecule is CC(C)Oc1ncc(C(=O)NCCNS(=O)(=O)c2cccc([N+](=O)[O-])c2)cc1Cl. The van der Waals surface area contributed by atoms with Gasteiger partial charge in [-0.2, -0.15) is 0 Å². The summed E-state index contributed by atoms with van der Waals surface area (Å²) in [5, 5.41) is 13.5. The van der Waals surface area contributed by atoms with Gasteiger partial charge in [-0.15, -0.1) is 0 Å². The van der Waals surface area contributed by atoms with E-state index in [4.69, 9.17) is 16.3 Å². The molecule has 0 fully saturated rings. The van der Waals surface area contributed by atoms with E-state index in [1.807, 2.05) is 13.8 Å². The van der Waals surface area contributed by atoms with E-state index in [1.54, 1.807) is 0 Å². The lowest BCUT2D eigenvalue weighted by Gasteiger charge is -2.11. The van der Waals surface area contributed by atoms with Crippen molar-refractivity contribution in [2.75, 3.05) is 13.1 Å². The van der Waals surface area contributed by atoms with E-state index < -0.39 is 20.9 Å². The van der Waals surface area contributed by atoms with Crippen molar-refractivity contribution in [1.29, 1.82) is 0 Å². The number of carbonyl (C=O) groups excluding carboxylic acids is 1. The van der Waals surface area contributed by atoms with Crippen LogP contribution in [-0.2, 0) is 10.0 Å². The van der Waals surface area contributed by atoms with Gasteiger partial charge in [0.2, 0.25) is 15.9 Å². The quantitative estimate of drug-likeness (QED) is 0.344. The van der Waals surface area contributed by atoms with E-state index in [-0.39, 0.29) is 46.2 Å². The van der Waals surface area contributed by atoms with Crippen LogP contribution in [0.4, 0.5) is 5.69 Å². The Bertz CT molecular complexity index is 1010. The molecule has 29 heavy (non-hydrogen) atoms. The molecule has 10 nitrogen and oxygen atoms in total. The Hall–Kier alpha value is -2.76. The molecule has 1 aromatic heterocycles. The van der Waals surface area contributed by atoms with Gasteiger partial charge < -0.3 is 10.1 Å². The Morgan fingerprint density at radius 2 is 2.03 bits per heavy atom. The molecular formula is C17H19ClN4O6S. The molecule has 0 radical (unpaired) electrons. The second kappa shape index (κ2) is 9.63. The number of hydrogen-bond acceptors (Lipinski definition) is 7. The highest BCUT2D eigenvalue weighted by Gasteiger charge is 2.17. The minimum absolute atomic E-state index is 0.0190. The normalized spacial score (nSPS) is 11.3. The second-order valence-corrected chi connectivity index (χ2v) is 8.26. The monoisotopic (exact) mass is 442 g/mol. The molecule has 2 N–H and O–H groups in total. The Labute approximate surface area is 172 Å². The first-order valence-electron chi connectivity index (χ1n) is 8.44. The van der Waals surface area contributed by atoms with Crippen molar-refractivity contribution in [3.63, 3.8) is 0 Å². The van der Waals surface area contributed by atoms with Gasteiger partial charge in [0.1, 0.15) is 5.02 Å². The van der Waals surface area contributed by atoms with E-state index in [0.717, 1.165) is 6.07 Å². The zero-order chi connectivity index (χ0) is 21.6. The summed E-state index contributed by atoms with van der Waals surface area (Å²) in [7, 11) is -3.96. The van der Waals surface area contributed by atoms with Crippen LogP contribution in [0.5, 0.6) is 5.88 Å². The molecule has 1 heterocycles. The van der Waals surface area contributed by atoms with Crippen molar-refractivity contribution in [2.45, 2.75) is 24.8 Å². The minimum atomic E-state index is -3.96. The first kappa shape index (κ1) is 22.5. The van der Waals surface area contributed by atoms with Gasteiger partial charge in [-0.25, -0.2) is 18.1 Å². The summed E-state index contributed by atoms with van der Waals surface area (Å²) >= 11 is 6.03. The number of rotatable bonds is 9. The number of halogens is 1. The van der Waals surface area contributed by atoms with Crippen LogP contribution in [0.1, 0.15) is 24.2 Å². The molecule has 1 aromatic carbocycles. The van der Waals surface area contributed by atoms with Crippen LogP contribution in [0, 0.1) is 10.1 Å². The molecule has 0 bridgehead atoms.